The molecule has 0 aliphatic rings. The molecule has 8 heteroatoms. The van der Waals surface area contributed by atoms with Crippen molar-refractivity contribution in [3.63, 3.8) is 0 Å². The van der Waals surface area contributed by atoms with Crippen LogP contribution in [0.25, 0.3) is 10.2 Å². The quantitative estimate of drug-likeness (QED) is 0.346. The summed E-state index contributed by atoms with van der Waals surface area (Å²) in [6, 6.07) is 12.5. The van der Waals surface area contributed by atoms with Gasteiger partial charge in [0, 0.05) is 28.4 Å². The van der Waals surface area contributed by atoms with E-state index in [1.165, 1.54) is 18.3 Å². The van der Waals surface area contributed by atoms with E-state index >= 15 is 0 Å². The Morgan fingerprint density at radius 3 is 2.38 bits per heavy atom. The van der Waals surface area contributed by atoms with Crippen molar-refractivity contribution in [3.8, 4) is 0 Å². The molecule has 0 atom stereocenters. The number of hydrogen-bond acceptors (Lipinski definition) is 5. The zero-order valence-electron chi connectivity index (χ0n) is 18.3. The van der Waals surface area contributed by atoms with Crippen LogP contribution in [0.5, 0.6) is 0 Å². The lowest BCUT2D eigenvalue weighted by atomic mass is 10.1. The molecule has 4 rings (SSSR count). The van der Waals surface area contributed by atoms with Crippen molar-refractivity contribution in [2.24, 2.45) is 0 Å². The number of hydrogen-bond donors (Lipinski definition) is 0. The summed E-state index contributed by atoms with van der Waals surface area (Å²) < 4.78 is 2.82. The number of fused-ring (bicyclic) bond motifs is 1. The Kier molecular flexibility index (Phi) is 6.13. The predicted molar refractivity (Wildman–Crippen MR) is 129 cm³/mol. The summed E-state index contributed by atoms with van der Waals surface area (Å²) >= 11 is 7.67. The first kappa shape index (κ1) is 22.2. The minimum Gasteiger partial charge on any atom is -0.295 e. The van der Waals surface area contributed by atoms with E-state index in [-0.39, 0.29) is 11.7 Å². The van der Waals surface area contributed by atoms with Crippen LogP contribution in [0.1, 0.15) is 44.6 Å². The average molecular weight is 467 g/mol. The lowest BCUT2D eigenvalue weighted by Gasteiger charge is -2.20. The molecule has 2 aromatic heterocycles. The summed E-state index contributed by atoms with van der Waals surface area (Å²) in [5, 5.41) is 5.76. The number of aromatic nitrogens is 3. The molecule has 0 bridgehead atoms. The molecule has 0 aliphatic heterocycles. The van der Waals surface area contributed by atoms with Gasteiger partial charge < -0.3 is 0 Å². The Bertz CT molecular complexity index is 1320. The highest BCUT2D eigenvalue weighted by molar-refractivity contribution is 7.22. The molecule has 0 aliphatic carbocycles. The van der Waals surface area contributed by atoms with Gasteiger partial charge in [0.1, 0.15) is 0 Å². The smallest absolute Gasteiger partial charge is 0.260 e. The molecule has 0 radical (unpaired) electrons. The molecule has 2 heterocycles. The molecule has 164 valence electrons. The molecular weight excluding hydrogens is 444 g/mol. The number of amides is 1. The number of benzene rings is 2. The van der Waals surface area contributed by atoms with E-state index in [9.17, 15) is 9.59 Å². The summed E-state index contributed by atoms with van der Waals surface area (Å²) in [7, 11) is 0. The summed E-state index contributed by atoms with van der Waals surface area (Å²) in [5.41, 5.74) is 4.84. The number of halogens is 1. The zero-order valence-corrected chi connectivity index (χ0v) is 19.9. The SMILES string of the molecule is CC(=O)c1ccc(C(=O)N(CCn2nc(C)cc2C)c2nc3c(C)cc(Cl)cc3s2)cc1. The van der Waals surface area contributed by atoms with Gasteiger partial charge >= 0.3 is 0 Å². The molecule has 2 aromatic carbocycles. The first-order valence-electron chi connectivity index (χ1n) is 10.2. The van der Waals surface area contributed by atoms with E-state index in [1.807, 2.05) is 43.7 Å². The van der Waals surface area contributed by atoms with Crippen molar-refractivity contribution in [2.75, 3.05) is 11.4 Å². The molecule has 0 spiro atoms. The van der Waals surface area contributed by atoms with Crippen LogP contribution in [0.4, 0.5) is 5.13 Å². The van der Waals surface area contributed by atoms with Gasteiger partial charge in [0.25, 0.3) is 5.91 Å². The van der Waals surface area contributed by atoms with Gasteiger partial charge in [-0.05, 0) is 63.6 Å². The number of rotatable bonds is 6. The fraction of sp³-hybridized carbons (Fsp3) is 0.250. The molecule has 1 amide bonds. The van der Waals surface area contributed by atoms with Crippen LogP contribution < -0.4 is 4.90 Å². The minimum atomic E-state index is -0.176. The van der Waals surface area contributed by atoms with E-state index in [1.54, 1.807) is 29.2 Å². The number of ketones is 1. The molecule has 0 saturated heterocycles. The van der Waals surface area contributed by atoms with Gasteiger partial charge in [0.15, 0.2) is 10.9 Å². The van der Waals surface area contributed by atoms with Gasteiger partial charge in [-0.1, -0.05) is 35.1 Å². The molecule has 0 N–H and O–H groups in total. The molecular formula is C24H23ClN4O2S. The fourth-order valence-electron chi connectivity index (χ4n) is 3.64. The molecule has 4 aromatic rings. The molecule has 32 heavy (non-hydrogen) atoms. The van der Waals surface area contributed by atoms with E-state index in [4.69, 9.17) is 16.6 Å². The van der Waals surface area contributed by atoms with Gasteiger partial charge in [0.05, 0.1) is 22.5 Å². The Morgan fingerprint density at radius 2 is 1.75 bits per heavy atom. The van der Waals surface area contributed by atoms with Crippen LogP contribution in [0.3, 0.4) is 0 Å². The Balaban J connectivity index is 1.72. The minimum absolute atomic E-state index is 0.0380. The largest absolute Gasteiger partial charge is 0.295 e. The van der Waals surface area contributed by atoms with Gasteiger partial charge in [0.2, 0.25) is 0 Å². The van der Waals surface area contributed by atoms with Crippen LogP contribution >= 0.6 is 22.9 Å². The van der Waals surface area contributed by atoms with E-state index in [0.717, 1.165) is 27.2 Å². The summed E-state index contributed by atoms with van der Waals surface area (Å²) in [6.45, 7) is 8.35. The Morgan fingerprint density at radius 1 is 1.06 bits per heavy atom. The summed E-state index contributed by atoms with van der Waals surface area (Å²) in [4.78, 5) is 31.6. The van der Waals surface area contributed by atoms with Crippen LogP contribution in [0.15, 0.2) is 42.5 Å². The number of anilines is 1. The number of carbonyl (C=O) groups is 2. The second-order valence-corrected chi connectivity index (χ2v) is 9.25. The number of Topliss-reactive ketones (excluding diaryl/α,β-unsaturated/α-hetero) is 1. The third-order valence-corrected chi connectivity index (χ3v) is 6.54. The van der Waals surface area contributed by atoms with Crippen molar-refractivity contribution in [2.45, 2.75) is 34.2 Å². The Hall–Kier alpha value is -3.03. The maximum Gasteiger partial charge on any atom is 0.260 e. The lowest BCUT2D eigenvalue weighted by molar-refractivity contribution is 0.0981. The Labute approximate surface area is 195 Å². The zero-order chi connectivity index (χ0) is 23.0. The predicted octanol–water partition coefficient (Wildman–Crippen LogP) is 5.62. The average Bonchev–Trinajstić information content (AvgIpc) is 3.30. The maximum atomic E-state index is 13.5. The summed E-state index contributed by atoms with van der Waals surface area (Å²) in [6.07, 6.45) is 0. The van der Waals surface area contributed by atoms with Crippen molar-refractivity contribution in [1.82, 2.24) is 14.8 Å². The fourth-order valence-corrected chi connectivity index (χ4v) is 5.09. The highest BCUT2D eigenvalue weighted by Crippen LogP contribution is 2.33. The third kappa shape index (κ3) is 4.45. The van der Waals surface area contributed by atoms with Crippen molar-refractivity contribution >= 4 is 50.0 Å². The normalized spacial score (nSPS) is 11.2. The lowest BCUT2D eigenvalue weighted by Crippen LogP contribution is -2.34. The standard InChI is InChI=1S/C24H23ClN4O2S/c1-14-11-20(25)13-21-22(14)26-24(32-21)28(9-10-29-16(3)12-15(2)27-29)23(31)19-7-5-18(6-8-19)17(4)30/h5-8,11-13H,9-10H2,1-4H3. The highest BCUT2D eigenvalue weighted by Gasteiger charge is 2.22. The van der Waals surface area contributed by atoms with Gasteiger partial charge in [-0.3, -0.25) is 19.2 Å². The first-order chi connectivity index (χ1) is 15.2. The topological polar surface area (TPSA) is 68.1 Å². The third-order valence-electron chi connectivity index (χ3n) is 5.29. The monoisotopic (exact) mass is 466 g/mol. The van der Waals surface area contributed by atoms with E-state index < -0.39 is 0 Å². The number of thiazole rings is 1. The maximum absolute atomic E-state index is 13.5. The van der Waals surface area contributed by atoms with E-state index in [2.05, 4.69) is 5.10 Å². The number of carbonyl (C=O) groups excluding carboxylic acids is 2. The van der Waals surface area contributed by atoms with Crippen LogP contribution in [0, 0.1) is 20.8 Å². The first-order valence-corrected chi connectivity index (χ1v) is 11.4. The molecule has 0 saturated carbocycles. The van der Waals surface area contributed by atoms with Crippen molar-refractivity contribution in [3.05, 3.63) is 75.6 Å². The van der Waals surface area contributed by atoms with Crippen molar-refractivity contribution < 1.29 is 9.59 Å². The van der Waals surface area contributed by atoms with Crippen LogP contribution in [-0.2, 0) is 6.54 Å². The molecule has 6 nitrogen and oxygen atoms in total. The second-order valence-electron chi connectivity index (χ2n) is 7.81. The number of aryl methyl sites for hydroxylation is 3. The van der Waals surface area contributed by atoms with Gasteiger partial charge in [-0.15, -0.1) is 0 Å². The molecule has 0 fully saturated rings. The molecule has 0 unspecified atom stereocenters. The van der Waals surface area contributed by atoms with Crippen molar-refractivity contribution in [1.29, 1.82) is 0 Å². The van der Waals surface area contributed by atoms with Gasteiger partial charge in [-0.25, -0.2) is 4.98 Å². The van der Waals surface area contributed by atoms with Crippen LogP contribution in [0.2, 0.25) is 5.02 Å². The van der Waals surface area contributed by atoms with E-state index in [0.29, 0.717) is 34.4 Å². The second kappa shape index (κ2) is 8.84. The number of nitrogens with zero attached hydrogens (tertiary/aromatic N) is 4. The van der Waals surface area contributed by atoms with Gasteiger partial charge in [-0.2, -0.15) is 5.10 Å². The van der Waals surface area contributed by atoms with Crippen LogP contribution in [-0.4, -0.2) is 33.0 Å². The highest BCUT2D eigenvalue weighted by atomic mass is 35.5. The summed E-state index contributed by atoms with van der Waals surface area (Å²) in [5.74, 6) is -0.214.